The minimum atomic E-state index is -1.81. The van der Waals surface area contributed by atoms with Gasteiger partial charge in [0.15, 0.2) is 0 Å². The highest BCUT2D eigenvalue weighted by atomic mass is 16.6. The molecule has 0 amide bonds. The summed E-state index contributed by atoms with van der Waals surface area (Å²) in [6, 6.07) is 14.8. The standard InChI is InChI=1S/C21H24BNO5/c1-21(2,3)28-20(24)19-18(22(25)26)16-10-5-6-11-17(16)23(19)13-14-8-7-9-15(12-14)27-4/h5-12,25-26H,13H2,1-4H3. The molecule has 0 bridgehead atoms. The van der Waals surface area contributed by atoms with Crippen LogP contribution < -0.4 is 10.2 Å². The van der Waals surface area contributed by atoms with Crippen molar-refractivity contribution < 1.29 is 24.3 Å². The van der Waals surface area contributed by atoms with E-state index < -0.39 is 18.7 Å². The van der Waals surface area contributed by atoms with E-state index in [2.05, 4.69) is 0 Å². The molecule has 2 N–H and O–H groups in total. The van der Waals surface area contributed by atoms with E-state index in [-0.39, 0.29) is 11.2 Å². The zero-order valence-electron chi connectivity index (χ0n) is 16.5. The van der Waals surface area contributed by atoms with E-state index in [1.165, 1.54) is 0 Å². The van der Waals surface area contributed by atoms with Crippen molar-refractivity contribution >= 4 is 29.5 Å². The zero-order valence-corrected chi connectivity index (χ0v) is 16.5. The highest BCUT2D eigenvalue weighted by molar-refractivity contribution is 6.63. The Hall–Kier alpha value is -2.77. The molecule has 28 heavy (non-hydrogen) atoms. The number of carbonyl (C=O) groups excluding carboxylic acids is 1. The second-order valence-electron chi connectivity index (χ2n) is 7.59. The molecular formula is C21H24BNO5. The number of benzene rings is 2. The Balaban J connectivity index is 2.21. The molecule has 0 saturated carbocycles. The molecule has 0 fully saturated rings. The zero-order chi connectivity index (χ0) is 20.5. The second kappa shape index (κ2) is 7.69. The molecule has 6 nitrogen and oxygen atoms in total. The molecule has 0 atom stereocenters. The molecule has 0 radical (unpaired) electrons. The van der Waals surface area contributed by atoms with Crippen LogP contribution in [-0.2, 0) is 11.3 Å². The predicted octanol–water partition coefficient (Wildman–Crippen LogP) is 2.33. The topological polar surface area (TPSA) is 80.9 Å². The van der Waals surface area contributed by atoms with E-state index >= 15 is 0 Å². The second-order valence-corrected chi connectivity index (χ2v) is 7.59. The van der Waals surface area contributed by atoms with Crippen molar-refractivity contribution in [1.82, 2.24) is 4.57 Å². The number of hydrogen-bond acceptors (Lipinski definition) is 5. The number of carbonyl (C=O) groups is 1. The Kier molecular flexibility index (Phi) is 5.49. The fourth-order valence-electron chi connectivity index (χ4n) is 3.26. The average molecular weight is 381 g/mol. The number of aromatic nitrogens is 1. The van der Waals surface area contributed by atoms with Gasteiger partial charge in [-0.3, -0.25) is 0 Å². The molecular weight excluding hydrogens is 357 g/mol. The van der Waals surface area contributed by atoms with Gasteiger partial charge in [-0.25, -0.2) is 4.79 Å². The van der Waals surface area contributed by atoms with Crippen LogP contribution in [0.5, 0.6) is 5.75 Å². The highest BCUT2D eigenvalue weighted by Gasteiger charge is 2.32. The van der Waals surface area contributed by atoms with Crippen molar-refractivity contribution in [3.05, 3.63) is 59.8 Å². The van der Waals surface area contributed by atoms with Gasteiger partial charge in [-0.1, -0.05) is 30.3 Å². The summed E-state index contributed by atoms with van der Waals surface area (Å²) in [4.78, 5) is 13.0. The third-order valence-corrected chi connectivity index (χ3v) is 4.34. The Bertz CT molecular complexity index is 1000. The number of ether oxygens (including phenoxy) is 2. The number of fused-ring (bicyclic) bond motifs is 1. The molecule has 1 heterocycles. The van der Waals surface area contributed by atoms with Gasteiger partial charge in [-0.2, -0.15) is 0 Å². The maximum Gasteiger partial charge on any atom is 0.491 e. The van der Waals surface area contributed by atoms with Crippen LogP contribution in [0.2, 0.25) is 0 Å². The summed E-state index contributed by atoms with van der Waals surface area (Å²) in [6.07, 6.45) is 0. The summed E-state index contributed by atoms with van der Waals surface area (Å²) in [5, 5.41) is 20.7. The third-order valence-electron chi connectivity index (χ3n) is 4.34. The third kappa shape index (κ3) is 4.05. The smallest absolute Gasteiger partial charge is 0.491 e. The lowest BCUT2D eigenvalue weighted by Crippen LogP contribution is -2.37. The SMILES string of the molecule is COc1cccc(Cn2c(C(=O)OC(C)(C)C)c(B(O)O)c3ccccc32)c1. The average Bonchev–Trinajstić information content (AvgIpc) is 2.95. The maximum absolute atomic E-state index is 13.0. The van der Waals surface area contributed by atoms with Gasteiger partial charge in [-0.15, -0.1) is 0 Å². The van der Waals surface area contributed by atoms with Gasteiger partial charge in [0.25, 0.3) is 0 Å². The van der Waals surface area contributed by atoms with Crippen LogP contribution in [0.4, 0.5) is 0 Å². The quantitative estimate of drug-likeness (QED) is 0.524. The van der Waals surface area contributed by atoms with Crippen molar-refractivity contribution in [2.24, 2.45) is 0 Å². The maximum atomic E-state index is 13.0. The van der Waals surface area contributed by atoms with Crippen LogP contribution in [0, 0.1) is 0 Å². The van der Waals surface area contributed by atoms with E-state index in [0.29, 0.717) is 23.2 Å². The van der Waals surface area contributed by atoms with Crippen molar-refractivity contribution in [3.8, 4) is 5.75 Å². The predicted molar refractivity (Wildman–Crippen MR) is 109 cm³/mol. The van der Waals surface area contributed by atoms with Crippen molar-refractivity contribution in [1.29, 1.82) is 0 Å². The fraction of sp³-hybridized carbons (Fsp3) is 0.286. The van der Waals surface area contributed by atoms with Crippen molar-refractivity contribution in [2.75, 3.05) is 7.11 Å². The lowest BCUT2D eigenvalue weighted by atomic mass is 9.78. The molecule has 0 spiro atoms. The van der Waals surface area contributed by atoms with Crippen molar-refractivity contribution in [2.45, 2.75) is 32.9 Å². The van der Waals surface area contributed by atoms with Gasteiger partial charge >= 0.3 is 13.1 Å². The Morgan fingerprint density at radius 3 is 2.46 bits per heavy atom. The first-order valence-electron chi connectivity index (χ1n) is 9.05. The van der Waals surface area contributed by atoms with Gasteiger partial charge in [0.05, 0.1) is 7.11 Å². The van der Waals surface area contributed by atoms with Gasteiger partial charge in [0.2, 0.25) is 0 Å². The highest BCUT2D eigenvalue weighted by Crippen LogP contribution is 2.23. The summed E-state index contributed by atoms with van der Waals surface area (Å²) < 4.78 is 12.6. The van der Waals surface area contributed by atoms with E-state index in [1.54, 1.807) is 44.6 Å². The van der Waals surface area contributed by atoms with Crippen LogP contribution in [-0.4, -0.2) is 40.4 Å². The molecule has 146 valence electrons. The Morgan fingerprint density at radius 2 is 1.82 bits per heavy atom. The van der Waals surface area contributed by atoms with Crippen LogP contribution in [0.1, 0.15) is 36.8 Å². The molecule has 3 aromatic rings. The van der Waals surface area contributed by atoms with Crippen LogP contribution >= 0.6 is 0 Å². The molecule has 0 unspecified atom stereocenters. The van der Waals surface area contributed by atoms with Gasteiger partial charge in [0.1, 0.15) is 17.0 Å². The number of para-hydroxylation sites is 1. The summed E-state index contributed by atoms with van der Waals surface area (Å²) in [6.45, 7) is 5.66. The minimum Gasteiger partial charge on any atom is -0.497 e. The molecule has 7 heteroatoms. The van der Waals surface area contributed by atoms with E-state index in [9.17, 15) is 14.8 Å². The van der Waals surface area contributed by atoms with Gasteiger partial charge < -0.3 is 24.1 Å². The molecule has 2 aromatic carbocycles. The first-order chi connectivity index (χ1) is 13.2. The fourth-order valence-corrected chi connectivity index (χ4v) is 3.26. The summed E-state index contributed by atoms with van der Waals surface area (Å²) >= 11 is 0. The lowest BCUT2D eigenvalue weighted by molar-refractivity contribution is 0.00598. The van der Waals surface area contributed by atoms with Gasteiger partial charge in [-0.05, 0) is 44.5 Å². The lowest BCUT2D eigenvalue weighted by Gasteiger charge is -2.21. The first-order valence-corrected chi connectivity index (χ1v) is 9.05. The monoisotopic (exact) mass is 381 g/mol. The normalized spacial score (nSPS) is 11.5. The number of nitrogens with zero attached hydrogens (tertiary/aromatic N) is 1. The van der Waals surface area contributed by atoms with E-state index in [4.69, 9.17) is 9.47 Å². The molecule has 1 aromatic heterocycles. The van der Waals surface area contributed by atoms with Gasteiger partial charge in [0, 0.05) is 22.9 Å². The summed E-state index contributed by atoms with van der Waals surface area (Å²) in [5.41, 5.74) is 1.19. The summed E-state index contributed by atoms with van der Waals surface area (Å²) in [5.74, 6) is 0.102. The first kappa shape index (κ1) is 20.0. The van der Waals surface area contributed by atoms with Crippen LogP contribution in [0.15, 0.2) is 48.5 Å². The molecule has 0 aliphatic carbocycles. The molecule has 0 aliphatic rings. The number of hydrogen-bond donors (Lipinski definition) is 2. The number of methoxy groups -OCH3 is 1. The Labute approximate surface area is 164 Å². The molecule has 0 aliphatic heterocycles. The van der Waals surface area contributed by atoms with Crippen LogP contribution in [0.3, 0.4) is 0 Å². The van der Waals surface area contributed by atoms with E-state index in [0.717, 1.165) is 5.56 Å². The van der Waals surface area contributed by atoms with E-state index in [1.807, 2.05) is 36.4 Å². The molecule has 3 rings (SSSR count). The molecule has 0 saturated heterocycles. The Morgan fingerprint density at radius 1 is 1.11 bits per heavy atom. The largest absolute Gasteiger partial charge is 0.497 e. The van der Waals surface area contributed by atoms with Crippen LogP contribution in [0.25, 0.3) is 10.9 Å². The minimum absolute atomic E-state index is 0.133. The number of esters is 1. The van der Waals surface area contributed by atoms with Crippen molar-refractivity contribution in [3.63, 3.8) is 0 Å². The number of rotatable bonds is 5. The summed E-state index contributed by atoms with van der Waals surface area (Å²) in [7, 11) is -0.213.